The Bertz CT molecular complexity index is 280. The first-order valence-corrected chi connectivity index (χ1v) is 4.15. The van der Waals surface area contributed by atoms with Crippen molar-refractivity contribution in [3.05, 3.63) is 34.2 Å². The molecule has 1 rings (SSSR count). The maximum absolute atomic E-state index is 10.9. The average molecular weight is 166 g/mol. The molecule has 0 saturated heterocycles. The Kier molecular flexibility index (Phi) is 3.54. The Balaban J connectivity index is 2.47. The number of aromatic nitrogens is 1. The van der Waals surface area contributed by atoms with Crippen LogP contribution in [0.5, 0.6) is 0 Å². The predicted octanol–water partition coefficient (Wildman–Crippen LogP) is 0.527. The van der Waals surface area contributed by atoms with Crippen LogP contribution >= 0.6 is 0 Å². The molecule has 0 unspecified atom stereocenters. The molecule has 0 amide bonds. The van der Waals surface area contributed by atoms with E-state index in [0.717, 1.165) is 24.9 Å². The number of hydrogen-bond donors (Lipinski definition) is 2. The van der Waals surface area contributed by atoms with E-state index in [9.17, 15) is 4.79 Å². The number of H-pyrrole nitrogens is 1. The van der Waals surface area contributed by atoms with Gasteiger partial charge in [0.15, 0.2) is 0 Å². The largest absolute Gasteiger partial charge is 0.329 e. The van der Waals surface area contributed by atoms with Crippen molar-refractivity contribution in [2.45, 2.75) is 12.8 Å². The Labute approximate surface area is 71.8 Å². The summed E-state index contributed by atoms with van der Waals surface area (Å²) in [5, 5.41) is 3.07. The van der Waals surface area contributed by atoms with Gasteiger partial charge in [-0.25, -0.2) is 0 Å². The third kappa shape index (κ3) is 2.88. The first-order valence-electron chi connectivity index (χ1n) is 4.15. The number of nitrogens with one attached hydrogen (secondary N) is 2. The van der Waals surface area contributed by atoms with Crippen LogP contribution in [0.25, 0.3) is 0 Å². The maximum Gasteiger partial charge on any atom is 0.248 e. The minimum absolute atomic E-state index is 0.0167. The van der Waals surface area contributed by atoms with Gasteiger partial charge in [0.05, 0.1) is 0 Å². The molecule has 2 N–H and O–H groups in total. The molecule has 1 aromatic heterocycles. The van der Waals surface area contributed by atoms with Gasteiger partial charge in [-0.1, -0.05) is 0 Å². The lowest BCUT2D eigenvalue weighted by molar-refractivity contribution is 0.724. The minimum Gasteiger partial charge on any atom is -0.329 e. The number of rotatable bonds is 4. The van der Waals surface area contributed by atoms with Crippen LogP contribution in [0.1, 0.15) is 12.0 Å². The van der Waals surface area contributed by atoms with Crippen LogP contribution in [0.2, 0.25) is 0 Å². The molecular weight excluding hydrogens is 152 g/mol. The molecule has 3 heteroatoms. The highest BCUT2D eigenvalue weighted by Crippen LogP contribution is 1.96. The summed E-state index contributed by atoms with van der Waals surface area (Å²) in [6, 6.07) is 3.59. The van der Waals surface area contributed by atoms with E-state index in [0.29, 0.717) is 0 Å². The molecule has 0 bridgehead atoms. The molecular formula is C9H14N2O. The highest BCUT2D eigenvalue weighted by Gasteiger charge is 1.92. The normalized spacial score (nSPS) is 10.1. The van der Waals surface area contributed by atoms with Gasteiger partial charge in [-0.2, -0.15) is 0 Å². The summed E-state index contributed by atoms with van der Waals surface area (Å²) in [7, 11) is 1.93. The molecule has 0 aliphatic heterocycles. The number of pyridine rings is 1. The molecule has 3 nitrogen and oxygen atoms in total. The average Bonchev–Trinajstić information content (AvgIpc) is 2.05. The molecule has 0 fully saturated rings. The zero-order valence-electron chi connectivity index (χ0n) is 7.26. The van der Waals surface area contributed by atoms with E-state index < -0.39 is 0 Å². The fourth-order valence-electron chi connectivity index (χ4n) is 1.11. The van der Waals surface area contributed by atoms with E-state index in [4.69, 9.17) is 0 Å². The SMILES string of the molecule is CNCCCc1cc[nH]c(=O)c1. The molecule has 0 aliphatic rings. The number of aryl methyl sites for hydroxylation is 1. The van der Waals surface area contributed by atoms with Crippen LogP contribution in [0.3, 0.4) is 0 Å². The van der Waals surface area contributed by atoms with Gasteiger partial charge in [0.1, 0.15) is 0 Å². The van der Waals surface area contributed by atoms with Crippen LogP contribution in [0, 0.1) is 0 Å². The molecule has 1 aromatic rings. The summed E-state index contributed by atoms with van der Waals surface area (Å²) in [5.74, 6) is 0. The molecule has 0 spiro atoms. The fourth-order valence-corrected chi connectivity index (χ4v) is 1.11. The summed E-state index contributed by atoms with van der Waals surface area (Å²) in [6.07, 6.45) is 3.72. The molecule has 0 saturated carbocycles. The molecule has 66 valence electrons. The topological polar surface area (TPSA) is 44.9 Å². The zero-order valence-corrected chi connectivity index (χ0v) is 7.26. The Morgan fingerprint density at radius 2 is 2.42 bits per heavy atom. The Morgan fingerprint density at radius 1 is 1.58 bits per heavy atom. The Morgan fingerprint density at radius 3 is 3.08 bits per heavy atom. The van der Waals surface area contributed by atoms with Gasteiger partial charge in [0.2, 0.25) is 5.56 Å². The van der Waals surface area contributed by atoms with Gasteiger partial charge in [0.25, 0.3) is 0 Å². The summed E-state index contributed by atoms with van der Waals surface area (Å²) in [5.41, 5.74) is 1.09. The van der Waals surface area contributed by atoms with E-state index in [-0.39, 0.29) is 5.56 Å². The van der Waals surface area contributed by atoms with E-state index in [1.807, 2.05) is 13.1 Å². The van der Waals surface area contributed by atoms with Crippen molar-refractivity contribution in [1.82, 2.24) is 10.3 Å². The monoisotopic (exact) mass is 166 g/mol. The summed E-state index contributed by atoms with van der Waals surface area (Å²) >= 11 is 0. The molecule has 0 aliphatic carbocycles. The van der Waals surface area contributed by atoms with Crippen molar-refractivity contribution in [2.75, 3.05) is 13.6 Å². The van der Waals surface area contributed by atoms with Crippen LogP contribution in [-0.2, 0) is 6.42 Å². The van der Waals surface area contributed by atoms with Gasteiger partial charge in [0, 0.05) is 12.3 Å². The first kappa shape index (κ1) is 9.00. The first-order chi connectivity index (χ1) is 5.83. The second-order valence-electron chi connectivity index (χ2n) is 2.77. The fraction of sp³-hybridized carbons (Fsp3) is 0.444. The molecule has 0 radical (unpaired) electrons. The van der Waals surface area contributed by atoms with E-state index in [1.165, 1.54) is 0 Å². The van der Waals surface area contributed by atoms with Crippen LogP contribution in [0.15, 0.2) is 23.1 Å². The third-order valence-electron chi connectivity index (χ3n) is 1.73. The second-order valence-corrected chi connectivity index (χ2v) is 2.77. The lowest BCUT2D eigenvalue weighted by Crippen LogP contribution is -2.09. The maximum atomic E-state index is 10.9. The molecule has 0 aromatic carbocycles. The Hall–Kier alpha value is -1.09. The molecule has 12 heavy (non-hydrogen) atoms. The highest BCUT2D eigenvalue weighted by molar-refractivity contribution is 5.09. The quantitative estimate of drug-likeness (QED) is 0.641. The van der Waals surface area contributed by atoms with Gasteiger partial charge >= 0.3 is 0 Å². The smallest absolute Gasteiger partial charge is 0.248 e. The van der Waals surface area contributed by atoms with E-state index in [1.54, 1.807) is 12.3 Å². The van der Waals surface area contributed by atoms with Crippen LogP contribution in [-0.4, -0.2) is 18.6 Å². The van der Waals surface area contributed by atoms with E-state index >= 15 is 0 Å². The lowest BCUT2D eigenvalue weighted by atomic mass is 10.1. The summed E-state index contributed by atoms with van der Waals surface area (Å²) in [6.45, 7) is 0.993. The predicted molar refractivity (Wildman–Crippen MR) is 49.3 cm³/mol. The van der Waals surface area contributed by atoms with E-state index in [2.05, 4.69) is 10.3 Å². The second kappa shape index (κ2) is 4.72. The summed E-state index contributed by atoms with van der Waals surface area (Å²) in [4.78, 5) is 13.4. The van der Waals surface area contributed by atoms with Crippen molar-refractivity contribution >= 4 is 0 Å². The summed E-state index contributed by atoms with van der Waals surface area (Å²) < 4.78 is 0. The number of hydrogen-bond acceptors (Lipinski definition) is 2. The van der Waals surface area contributed by atoms with Gasteiger partial charge in [-0.05, 0) is 38.1 Å². The standard InChI is InChI=1S/C9H14N2O/c1-10-5-2-3-8-4-6-11-9(12)7-8/h4,6-7,10H,2-3,5H2,1H3,(H,11,12). The van der Waals surface area contributed by atoms with Gasteiger partial charge in [-0.3, -0.25) is 4.79 Å². The number of aromatic amines is 1. The van der Waals surface area contributed by atoms with Crippen molar-refractivity contribution in [3.63, 3.8) is 0 Å². The van der Waals surface area contributed by atoms with Crippen molar-refractivity contribution in [1.29, 1.82) is 0 Å². The van der Waals surface area contributed by atoms with Crippen molar-refractivity contribution in [3.8, 4) is 0 Å². The van der Waals surface area contributed by atoms with Gasteiger partial charge < -0.3 is 10.3 Å². The molecule has 0 atom stereocenters. The van der Waals surface area contributed by atoms with Crippen molar-refractivity contribution in [2.24, 2.45) is 0 Å². The minimum atomic E-state index is -0.0167. The van der Waals surface area contributed by atoms with Crippen LogP contribution < -0.4 is 10.9 Å². The van der Waals surface area contributed by atoms with Gasteiger partial charge in [-0.15, -0.1) is 0 Å². The third-order valence-corrected chi connectivity index (χ3v) is 1.73. The van der Waals surface area contributed by atoms with Crippen LogP contribution in [0.4, 0.5) is 0 Å². The molecule has 1 heterocycles. The van der Waals surface area contributed by atoms with Crippen molar-refractivity contribution < 1.29 is 0 Å². The zero-order chi connectivity index (χ0) is 8.81. The highest BCUT2D eigenvalue weighted by atomic mass is 16.1. The lowest BCUT2D eigenvalue weighted by Gasteiger charge is -1.98.